The van der Waals surface area contributed by atoms with E-state index in [4.69, 9.17) is 19.2 Å². The molecular weight excluding hydrogens is 352 g/mol. The number of fused-ring (bicyclic) bond motifs is 1. The van der Waals surface area contributed by atoms with Crippen molar-refractivity contribution in [2.75, 3.05) is 31.3 Å². The third kappa shape index (κ3) is 3.29. The largest absolute Gasteiger partial charge is 0.494 e. The Hall–Kier alpha value is -2.12. The zero-order chi connectivity index (χ0) is 18.1. The molecule has 1 aromatic heterocycles. The molecule has 4 rings (SSSR count). The molecule has 0 bridgehead atoms. The highest BCUT2D eigenvalue weighted by Gasteiger charge is 2.30. The van der Waals surface area contributed by atoms with E-state index in [1.807, 2.05) is 6.92 Å². The van der Waals surface area contributed by atoms with E-state index in [0.717, 1.165) is 40.8 Å². The molecule has 1 fully saturated rings. The summed E-state index contributed by atoms with van der Waals surface area (Å²) in [5.74, 6) is -0.00323. The summed E-state index contributed by atoms with van der Waals surface area (Å²) in [5, 5.41) is 0.674. The number of carbonyl (C=O) groups excluding carboxylic acids is 1. The standard InChI is InChI=1S/C19H22N2O4S/c1-12-5-6-13(2)17-16(12)20-19(26-17)21(10-14-4-3-7-24-14)18(22)15-11-23-8-9-25-15/h5-6,11,14H,3-4,7-10H2,1-2H3. The molecule has 2 aromatic rings. The van der Waals surface area contributed by atoms with Crippen LogP contribution in [0.1, 0.15) is 24.0 Å². The van der Waals surface area contributed by atoms with Crippen LogP contribution in [-0.4, -0.2) is 43.4 Å². The number of amides is 1. The van der Waals surface area contributed by atoms with Crippen LogP contribution in [0.4, 0.5) is 5.13 Å². The third-order valence-electron chi connectivity index (χ3n) is 4.68. The SMILES string of the molecule is Cc1ccc(C)c2sc(N(CC3CCCO3)C(=O)C3=COCCO3)nc12. The Kier molecular flexibility index (Phi) is 4.82. The molecule has 6 nitrogen and oxygen atoms in total. The van der Waals surface area contributed by atoms with Gasteiger partial charge in [0.15, 0.2) is 5.13 Å². The Labute approximate surface area is 156 Å². The summed E-state index contributed by atoms with van der Waals surface area (Å²) < 4.78 is 17.6. The molecule has 0 spiro atoms. The number of benzene rings is 1. The lowest BCUT2D eigenvalue weighted by molar-refractivity contribution is -0.120. The van der Waals surface area contributed by atoms with Gasteiger partial charge >= 0.3 is 0 Å². The minimum absolute atomic E-state index is 0.0262. The topological polar surface area (TPSA) is 60.9 Å². The average Bonchev–Trinajstić information content (AvgIpc) is 3.33. The molecule has 138 valence electrons. The highest BCUT2D eigenvalue weighted by molar-refractivity contribution is 7.22. The van der Waals surface area contributed by atoms with E-state index in [1.165, 1.54) is 17.6 Å². The second-order valence-electron chi connectivity index (χ2n) is 6.63. The lowest BCUT2D eigenvalue weighted by Gasteiger charge is -2.25. The summed E-state index contributed by atoms with van der Waals surface area (Å²) in [4.78, 5) is 19.6. The van der Waals surface area contributed by atoms with E-state index in [-0.39, 0.29) is 17.8 Å². The molecule has 0 N–H and O–H groups in total. The van der Waals surface area contributed by atoms with Crippen molar-refractivity contribution in [3.05, 3.63) is 35.3 Å². The second-order valence-corrected chi connectivity index (χ2v) is 7.60. The summed E-state index contributed by atoms with van der Waals surface area (Å²) in [6, 6.07) is 4.15. The first-order valence-electron chi connectivity index (χ1n) is 8.88. The molecule has 1 aromatic carbocycles. The van der Waals surface area contributed by atoms with Crippen molar-refractivity contribution in [3.63, 3.8) is 0 Å². The molecule has 0 radical (unpaired) electrons. The molecule has 0 saturated carbocycles. The van der Waals surface area contributed by atoms with Crippen molar-refractivity contribution < 1.29 is 19.0 Å². The van der Waals surface area contributed by atoms with Crippen LogP contribution in [0.2, 0.25) is 0 Å². The van der Waals surface area contributed by atoms with Crippen molar-refractivity contribution >= 4 is 32.6 Å². The minimum Gasteiger partial charge on any atom is -0.494 e. The van der Waals surface area contributed by atoms with Gasteiger partial charge in [0.25, 0.3) is 5.91 Å². The molecule has 1 saturated heterocycles. The highest BCUT2D eigenvalue weighted by atomic mass is 32.1. The fraction of sp³-hybridized carbons (Fsp3) is 0.474. The zero-order valence-electron chi connectivity index (χ0n) is 15.0. The number of rotatable bonds is 4. The Bertz CT molecular complexity index is 816. The quantitative estimate of drug-likeness (QED) is 0.822. The van der Waals surface area contributed by atoms with Gasteiger partial charge in [0.05, 0.1) is 22.9 Å². The van der Waals surface area contributed by atoms with Gasteiger partial charge in [-0.25, -0.2) is 4.98 Å². The number of anilines is 1. The Morgan fingerprint density at radius 2 is 2.12 bits per heavy atom. The van der Waals surface area contributed by atoms with Crippen LogP contribution < -0.4 is 4.90 Å². The number of hydrogen-bond donors (Lipinski definition) is 0. The number of carbonyl (C=O) groups is 1. The van der Waals surface area contributed by atoms with Gasteiger partial charge in [0.2, 0.25) is 5.76 Å². The maximum absolute atomic E-state index is 13.1. The van der Waals surface area contributed by atoms with Crippen molar-refractivity contribution in [1.29, 1.82) is 0 Å². The van der Waals surface area contributed by atoms with E-state index < -0.39 is 0 Å². The maximum atomic E-state index is 13.1. The summed E-state index contributed by atoms with van der Waals surface area (Å²) in [6.07, 6.45) is 3.40. The normalized spacial score (nSPS) is 19.8. The van der Waals surface area contributed by atoms with Crippen molar-refractivity contribution in [2.45, 2.75) is 32.8 Å². The fourth-order valence-electron chi connectivity index (χ4n) is 3.22. The molecule has 1 atom stereocenters. The second kappa shape index (κ2) is 7.25. The van der Waals surface area contributed by atoms with Crippen LogP contribution in [0.3, 0.4) is 0 Å². The van der Waals surface area contributed by atoms with Crippen LogP contribution in [0.15, 0.2) is 24.2 Å². The zero-order valence-corrected chi connectivity index (χ0v) is 15.8. The predicted octanol–water partition coefficient (Wildman–Crippen LogP) is 3.31. The number of aromatic nitrogens is 1. The van der Waals surface area contributed by atoms with Gasteiger partial charge in [0, 0.05) is 6.61 Å². The van der Waals surface area contributed by atoms with Crippen LogP contribution in [0.5, 0.6) is 0 Å². The summed E-state index contributed by atoms with van der Waals surface area (Å²) in [6.45, 7) is 6.16. The molecule has 1 amide bonds. The summed E-state index contributed by atoms with van der Waals surface area (Å²) in [7, 11) is 0. The van der Waals surface area contributed by atoms with Gasteiger partial charge in [-0.2, -0.15) is 0 Å². The van der Waals surface area contributed by atoms with Crippen molar-refractivity contribution in [2.24, 2.45) is 0 Å². The van der Waals surface area contributed by atoms with Crippen LogP contribution >= 0.6 is 11.3 Å². The number of nitrogens with zero attached hydrogens (tertiary/aromatic N) is 2. The minimum atomic E-state index is -0.227. The van der Waals surface area contributed by atoms with E-state index in [9.17, 15) is 4.79 Å². The summed E-state index contributed by atoms with van der Waals surface area (Å²) >= 11 is 1.54. The van der Waals surface area contributed by atoms with Crippen LogP contribution in [0, 0.1) is 13.8 Å². The molecule has 7 heteroatoms. The number of ether oxygens (including phenoxy) is 3. The van der Waals surface area contributed by atoms with Crippen molar-refractivity contribution in [1.82, 2.24) is 4.98 Å². The third-order valence-corrected chi connectivity index (χ3v) is 5.89. The van der Waals surface area contributed by atoms with Gasteiger partial charge in [-0.05, 0) is 37.8 Å². The predicted molar refractivity (Wildman–Crippen MR) is 100 cm³/mol. The lowest BCUT2D eigenvalue weighted by atomic mass is 10.1. The average molecular weight is 374 g/mol. The van der Waals surface area contributed by atoms with Gasteiger partial charge < -0.3 is 14.2 Å². The first-order valence-corrected chi connectivity index (χ1v) is 9.70. The number of hydrogen-bond acceptors (Lipinski definition) is 6. The Balaban J connectivity index is 1.72. The molecular formula is C19H22N2O4S. The van der Waals surface area contributed by atoms with E-state index >= 15 is 0 Å². The Morgan fingerprint density at radius 3 is 2.81 bits per heavy atom. The molecule has 26 heavy (non-hydrogen) atoms. The Morgan fingerprint density at radius 1 is 1.27 bits per heavy atom. The number of thiazole rings is 1. The highest BCUT2D eigenvalue weighted by Crippen LogP contribution is 2.34. The first-order chi connectivity index (χ1) is 12.6. The molecule has 2 aliphatic heterocycles. The molecule has 0 aliphatic carbocycles. The smallest absolute Gasteiger partial charge is 0.298 e. The fourth-order valence-corrected chi connectivity index (χ4v) is 4.34. The van der Waals surface area contributed by atoms with Gasteiger partial charge in [0.1, 0.15) is 19.5 Å². The maximum Gasteiger partial charge on any atom is 0.298 e. The van der Waals surface area contributed by atoms with E-state index in [0.29, 0.717) is 24.9 Å². The van der Waals surface area contributed by atoms with Crippen LogP contribution in [0.25, 0.3) is 10.2 Å². The summed E-state index contributed by atoms with van der Waals surface area (Å²) in [5.41, 5.74) is 3.22. The van der Waals surface area contributed by atoms with Crippen molar-refractivity contribution in [3.8, 4) is 0 Å². The first kappa shape index (κ1) is 17.3. The molecule has 3 heterocycles. The number of aryl methyl sites for hydroxylation is 2. The molecule has 2 aliphatic rings. The van der Waals surface area contributed by atoms with Gasteiger partial charge in [-0.1, -0.05) is 23.5 Å². The monoisotopic (exact) mass is 374 g/mol. The molecule has 1 unspecified atom stereocenters. The van der Waals surface area contributed by atoms with E-state index in [2.05, 4.69) is 19.1 Å². The van der Waals surface area contributed by atoms with Gasteiger partial charge in [-0.3, -0.25) is 9.69 Å². The van der Waals surface area contributed by atoms with Crippen LogP contribution in [-0.2, 0) is 19.0 Å². The van der Waals surface area contributed by atoms with Gasteiger partial charge in [-0.15, -0.1) is 0 Å². The van der Waals surface area contributed by atoms with E-state index in [1.54, 1.807) is 4.90 Å². The lowest BCUT2D eigenvalue weighted by Crippen LogP contribution is -2.39.